The van der Waals surface area contributed by atoms with Crippen LogP contribution in [0.2, 0.25) is 0 Å². The van der Waals surface area contributed by atoms with E-state index in [9.17, 15) is 35.5 Å². The summed E-state index contributed by atoms with van der Waals surface area (Å²) in [7, 11) is 0. The van der Waals surface area contributed by atoms with E-state index < -0.39 is 64.1 Å². The van der Waals surface area contributed by atoms with Gasteiger partial charge in [0.25, 0.3) is 0 Å². The topological polar surface area (TPSA) is 35.5 Å². The van der Waals surface area contributed by atoms with Crippen LogP contribution in [0.5, 0.6) is 11.5 Å². The van der Waals surface area contributed by atoms with Gasteiger partial charge in [0, 0.05) is 24.3 Å². The monoisotopic (exact) mass is 450 g/mol. The molecule has 10 heteroatoms. The SMILES string of the molecule is CC1CCC(C(F)(F)Oc2cc(F)c(C(=O)Oc3cc(F)c(F)c(F)c3)c(F)c2)CC1. The molecule has 168 valence electrons. The van der Waals surface area contributed by atoms with Gasteiger partial charge in [-0.1, -0.05) is 19.8 Å². The number of alkyl halides is 2. The molecule has 31 heavy (non-hydrogen) atoms. The minimum absolute atomic E-state index is 0.189. The van der Waals surface area contributed by atoms with Crippen molar-refractivity contribution in [3.63, 3.8) is 0 Å². The fraction of sp³-hybridized carbons (Fsp3) is 0.381. The van der Waals surface area contributed by atoms with Gasteiger partial charge in [0.1, 0.15) is 28.7 Å². The highest BCUT2D eigenvalue weighted by Gasteiger charge is 2.43. The molecule has 0 aromatic heterocycles. The third-order valence-electron chi connectivity index (χ3n) is 5.13. The van der Waals surface area contributed by atoms with Crippen LogP contribution in [-0.4, -0.2) is 12.1 Å². The summed E-state index contributed by atoms with van der Waals surface area (Å²) in [5, 5.41) is 0. The van der Waals surface area contributed by atoms with Gasteiger partial charge in [-0.3, -0.25) is 0 Å². The standard InChI is InChI=1S/C21H17F7O3/c1-10-2-4-11(5-3-10)21(27,28)31-13-8-14(22)18(15(23)9-13)20(29)30-12-6-16(24)19(26)17(25)7-12/h6-11H,2-5H2,1H3. The molecule has 0 amide bonds. The van der Waals surface area contributed by atoms with E-state index in [2.05, 4.69) is 9.47 Å². The number of hydrogen-bond donors (Lipinski definition) is 0. The quantitative estimate of drug-likeness (QED) is 0.229. The molecule has 0 bridgehead atoms. The fourth-order valence-corrected chi connectivity index (χ4v) is 3.39. The summed E-state index contributed by atoms with van der Waals surface area (Å²) in [6, 6.07) is 1.36. The summed E-state index contributed by atoms with van der Waals surface area (Å²) in [5.41, 5.74) is -1.30. The Hall–Kier alpha value is -2.78. The van der Waals surface area contributed by atoms with Gasteiger partial charge < -0.3 is 9.47 Å². The molecule has 0 atom stereocenters. The minimum Gasteiger partial charge on any atom is -0.432 e. The van der Waals surface area contributed by atoms with Crippen molar-refractivity contribution in [1.82, 2.24) is 0 Å². The van der Waals surface area contributed by atoms with Gasteiger partial charge in [-0.05, 0) is 18.8 Å². The maximum atomic E-state index is 14.4. The molecule has 2 aromatic rings. The van der Waals surface area contributed by atoms with E-state index >= 15 is 0 Å². The fourth-order valence-electron chi connectivity index (χ4n) is 3.39. The van der Waals surface area contributed by atoms with Crippen molar-refractivity contribution in [2.45, 2.75) is 38.7 Å². The average Bonchev–Trinajstić information content (AvgIpc) is 2.65. The predicted octanol–water partition coefficient (Wildman–Crippen LogP) is 6.40. The van der Waals surface area contributed by atoms with Crippen LogP contribution in [0.4, 0.5) is 30.7 Å². The third-order valence-corrected chi connectivity index (χ3v) is 5.13. The molecule has 1 fully saturated rings. The van der Waals surface area contributed by atoms with Crippen molar-refractivity contribution in [2.24, 2.45) is 11.8 Å². The van der Waals surface area contributed by atoms with Crippen molar-refractivity contribution < 1.29 is 45.0 Å². The van der Waals surface area contributed by atoms with E-state index in [-0.39, 0.29) is 12.8 Å². The second-order valence-electron chi connectivity index (χ2n) is 7.47. The zero-order chi connectivity index (χ0) is 22.9. The largest absolute Gasteiger partial charge is 0.432 e. The van der Waals surface area contributed by atoms with Crippen LogP contribution in [0.25, 0.3) is 0 Å². The van der Waals surface area contributed by atoms with Gasteiger partial charge in [0.05, 0.1) is 5.92 Å². The van der Waals surface area contributed by atoms with Crippen LogP contribution in [0.15, 0.2) is 24.3 Å². The Morgan fingerprint density at radius 2 is 1.32 bits per heavy atom. The van der Waals surface area contributed by atoms with Crippen LogP contribution in [0, 0.1) is 40.9 Å². The highest BCUT2D eigenvalue weighted by Crippen LogP contribution is 2.40. The van der Waals surface area contributed by atoms with E-state index in [1.54, 1.807) is 0 Å². The van der Waals surface area contributed by atoms with Crippen molar-refractivity contribution in [3.05, 3.63) is 58.9 Å². The highest BCUT2D eigenvalue weighted by molar-refractivity contribution is 5.91. The van der Waals surface area contributed by atoms with Gasteiger partial charge in [-0.25, -0.2) is 26.7 Å². The molecule has 1 saturated carbocycles. The second kappa shape index (κ2) is 8.76. The predicted molar refractivity (Wildman–Crippen MR) is 94.3 cm³/mol. The summed E-state index contributed by atoms with van der Waals surface area (Å²) < 4.78 is 106. The van der Waals surface area contributed by atoms with Crippen molar-refractivity contribution >= 4 is 5.97 Å². The Morgan fingerprint density at radius 1 is 0.839 bits per heavy atom. The number of carbonyl (C=O) groups excluding carboxylic acids is 1. The van der Waals surface area contributed by atoms with E-state index in [4.69, 9.17) is 0 Å². The third kappa shape index (κ3) is 5.11. The number of esters is 1. The van der Waals surface area contributed by atoms with Gasteiger partial charge in [-0.15, -0.1) is 0 Å². The van der Waals surface area contributed by atoms with Gasteiger partial charge >= 0.3 is 12.1 Å². The lowest BCUT2D eigenvalue weighted by atomic mass is 9.82. The molecule has 0 saturated heterocycles. The average molecular weight is 450 g/mol. The number of ether oxygens (including phenoxy) is 2. The molecule has 3 rings (SSSR count). The van der Waals surface area contributed by atoms with E-state index in [1.165, 1.54) is 0 Å². The molecule has 1 aliphatic carbocycles. The molecule has 0 spiro atoms. The van der Waals surface area contributed by atoms with Crippen molar-refractivity contribution in [3.8, 4) is 11.5 Å². The first-order valence-corrected chi connectivity index (χ1v) is 9.40. The Kier molecular flexibility index (Phi) is 6.47. The normalized spacial score (nSPS) is 19.2. The lowest BCUT2D eigenvalue weighted by molar-refractivity contribution is -0.223. The highest BCUT2D eigenvalue weighted by atomic mass is 19.3. The molecule has 1 aliphatic rings. The molecule has 0 radical (unpaired) electrons. The zero-order valence-electron chi connectivity index (χ0n) is 16.2. The zero-order valence-corrected chi connectivity index (χ0v) is 16.2. The Morgan fingerprint density at radius 3 is 1.84 bits per heavy atom. The maximum absolute atomic E-state index is 14.4. The Labute approximate surface area is 172 Å². The second-order valence-corrected chi connectivity index (χ2v) is 7.47. The van der Waals surface area contributed by atoms with Crippen LogP contribution in [0.3, 0.4) is 0 Å². The Balaban J connectivity index is 1.77. The number of benzene rings is 2. The van der Waals surface area contributed by atoms with Crippen LogP contribution >= 0.6 is 0 Å². The number of carbonyl (C=O) groups is 1. The lowest BCUT2D eigenvalue weighted by Gasteiger charge is -2.32. The lowest BCUT2D eigenvalue weighted by Crippen LogP contribution is -2.37. The summed E-state index contributed by atoms with van der Waals surface area (Å²) in [6.07, 6.45) is -2.16. The first kappa shape index (κ1) is 22.9. The van der Waals surface area contributed by atoms with E-state index in [0.717, 1.165) is 0 Å². The molecule has 0 aliphatic heterocycles. The molecule has 0 heterocycles. The van der Waals surface area contributed by atoms with Gasteiger partial charge in [-0.2, -0.15) is 8.78 Å². The molecular formula is C21H17F7O3. The smallest absolute Gasteiger partial charge is 0.400 e. The number of hydrogen-bond acceptors (Lipinski definition) is 3. The molecule has 2 aromatic carbocycles. The van der Waals surface area contributed by atoms with Gasteiger partial charge in [0.2, 0.25) is 0 Å². The summed E-state index contributed by atoms with van der Waals surface area (Å²) in [5.74, 6) is -12.6. The maximum Gasteiger partial charge on any atom is 0.400 e. The van der Waals surface area contributed by atoms with E-state index in [0.29, 0.717) is 43.0 Å². The van der Waals surface area contributed by atoms with Gasteiger partial charge in [0.15, 0.2) is 17.5 Å². The molecular weight excluding hydrogens is 433 g/mol. The number of halogens is 7. The van der Waals surface area contributed by atoms with Crippen molar-refractivity contribution in [2.75, 3.05) is 0 Å². The van der Waals surface area contributed by atoms with Crippen molar-refractivity contribution in [1.29, 1.82) is 0 Å². The first-order valence-electron chi connectivity index (χ1n) is 9.40. The van der Waals surface area contributed by atoms with Crippen LogP contribution in [-0.2, 0) is 0 Å². The van der Waals surface area contributed by atoms with Crippen LogP contribution in [0.1, 0.15) is 43.0 Å². The summed E-state index contributed by atoms with van der Waals surface area (Å²) in [6.45, 7) is 1.94. The Bertz CT molecular complexity index is 939. The number of rotatable bonds is 5. The molecule has 3 nitrogen and oxygen atoms in total. The minimum atomic E-state index is -3.68. The van der Waals surface area contributed by atoms with E-state index in [1.807, 2.05) is 6.92 Å². The summed E-state index contributed by atoms with van der Waals surface area (Å²) >= 11 is 0. The molecule has 0 unspecified atom stereocenters. The summed E-state index contributed by atoms with van der Waals surface area (Å²) in [4.78, 5) is 12.0. The van der Waals surface area contributed by atoms with Crippen LogP contribution < -0.4 is 9.47 Å². The molecule has 0 N–H and O–H groups in total. The first-order chi connectivity index (χ1) is 14.5.